The number of sulfonamides is 1. The average Bonchev–Trinajstić information content (AvgIpc) is 3.12. The van der Waals surface area contributed by atoms with Gasteiger partial charge in [0.25, 0.3) is 0 Å². The Labute approximate surface area is 153 Å². The van der Waals surface area contributed by atoms with Crippen LogP contribution in [0.2, 0.25) is 0 Å². The molecule has 1 aromatic carbocycles. The molecule has 5 nitrogen and oxygen atoms in total. The molecule has 1 aromatic heterocycles. The standard InChI is InChI=1S/C18H21N3O2S2/c1-14-5-6-15(2)18(12-14)25(22,23)21-9-7-20(8-10-21)16(13-19)17-4-3-11-24-17/h3-6,11-12,16H,7-10H2,1-2H3. The van der Waals surface area contributed by atoms with Crippen molar-refractivity contribution >= 4 is 21.4 Å². The van der Waals surface area contributed by atoms with E-state index < -0.39 is 10.0 Å². The van der Waals surface area contributed by atoms with Crippen molar-refractivity contribution in [1.82, 2.24) is 9.21 Å². The number of rotatable bonds is 4. The number of nitrogens with zero attached hydrogens (tertiary/aromatic N) is 3. The van der Waals surface area contributed by atoms with Crippen molar-refractivity contribution in [2.45, 2.75) is 24.8 Å². The van der Waals surface area contributed by atoms with E-state index in [4.69, 9.17) is 0 Å². The van der Waals surface area contributed by atoms with E-state index in [0.717, 1.165) is 16.0 Å². The third-order valence-corrected chi connectivity index (χ3v) is 7.50. The van der Waals surface area contributed by atoms with E-state index in [1.165, 1.54) is 4.31 Å². The lowest BCUT2D eigenvalue weighted by Gasteiger charge is -2.36. The smallest absolute Gasteiger partial charge is 0.243 e. The number of benzene rings is 1. The zero-order valence-electron chi connectivity index (χ0n) is 14.3. The Bertz CT molecular complexity index is 878. The fourth-order valence-electron chi connectivity index (χ4n) is 3.10. The van der Waals surface area contributed by atoms with E-state index in [1.807, 2.05) is 43.5 Å². The lowest BCUT2D eigenvalue weighted by Crippen LogP contribution is -2.49. The van der Waals surface area contributed by atoms with Gasteiger partial charge in [0.1, 0.15) is 6.04 Å². The molecular formula is C18H21N3O2S2. The summed E-state index contributed by atoms with van der Waals surface area (Å²) < 4.78 is 27.5. The Morgan fingerprint density at radius 1 is 1.16 bits per heavy atom. The molecule has 0 spiro atoms. The summed E-state index contributed by atoms with van der Waals surface area (Å²) in [7, 11) is -3.50. The van der Waals surface area contributed by atoms with Gasteiger partial charge in [-0.15, -0.1) is 11.3 Å². The second kappa shape index (κ2) is 7.26. The summed E-state index contributed by atoms with van der Waals surface area (Å²) in [6.07, 6.45) is 0. The summed E-state index contributed by atoms with van der Waals surface area (Å²) in [6, 6.07) is 11.4. The van der Waals surface area contributed by atoms with Gasteiger partial charge < -0.3 is 0 Å². The van der Waals surface area contributed by atoms with Crippen LogP contribution < -0.4 is 0 Å². The highest BCUT2D eigenvalue weighted by Crippen LogP contribution is 2.27. The number of aryl methyl sites for hydroxylation is 2. The summed E-state index contributed by atoms with van der Waals surface area (Å²) in [5.74, 6) is 0. The van der Waals surface area contributed by atoms with Crippen LogP contribution in [0.25, 0.3) is 0 Å². The summed E-state index contributed by atoms with van der Waals surface area (Å²) in [5.41, 5.74) is 1.70. The normalized spacial score (nSPS) is 18.0. The first-order chi connectivity index (χ1) is 11.9. The first kappa shape index (κ1) is 18.1. The molecule has 3 rings (SSSR count). The van der Waals surface area contributed by atoms with Gasteiger partial charge in [0.05, 0.1) is 11.0 Å². The van der Waals surface area contributed by atoms with Crippen molar-refractivity contribution in [3.63, 3.8) is 0 Å². The maximum absolute atomic E-state index is 13.0. The third-order valence-electron chi connectivity index (χ3n) is 4.53. The zero-order valence-corrected chi connectivity index (χ0v) is 16.0. The van der Waals surface area contributed by atoms with Gasteiger partial charge in [-0.2, -0.15) is 9.57 Å². The van der Waals surface area contributed by atoms with Crippen molar-refractivity contribution in [1.29, 1.82) is 5.26 Å². The van der Waals surface area contributed by atoms with E-state index >= 15 is 0 Å². The molecule has 1 saturated heterocycles. The average molecular weight is 376 g/mol. The number of thiophene rings is 1. The van der Waals surface area contributed by atoms with Gasteiger partial charge in [-0.25, -0.2) is 8.42 Å². The van der Waals surface area contributed by atoms with Gasteiger partial charge in [0.2, 0.25) is 10.0 Å². The Morgan fingerprint density at radius 2 is 1.88 bits per heavy atom. The molecule has 2 heterocycles. The van der Waals surface area contributed by atoms with Crippen LogP contribution >= 0.6 is 11.3 Å². The van der Waals surface area contributed by atoms with Crippen LogP contribution in [0.3, 0.4) is 0 Å². The van der Waals surface area contributed by atoms with Gasteiger partial charge in [0, 0.05) is 31.1 Å². The van der Waals surface area contributed by atoms with Crippen molar-refractivity contribution in [3.8, 4) is 6.07 Å². The molecule has 0 N–H and O–H groups in total. The van der Waals surface area contributed by atoms with Crippen LogP contribution in [-0.4, -0.2) is 43.8 Å². The maximum atomic E-state index is 13.0. The maximum Gasteiger partial charge on any atom is 0.243 e. The van der Waals surface area contributed by atoms with Crippen LogP contribution in [0.5, 0.6) is 0 Å². The molecule has 0 radical (unpaired) electrons. The summed E-state index contributed by atoms with van der Waals surface area (Å²) in [4.78, 5) is 3.45. The zero-order chi connectivity index (χ0) is 18.0. The van der Waals surface area contributed by atoms with Crippen LogP contribution in [-0.2, 0) is 10.0 Å². The van der Waals surface area contributed by atoms with Crippen molar-refractivity contribution in [2.24, 2.45) is 0 Å². The topological polar surface area (TPSA) is 64.4 Å². The van der Waals surface area contributed by atoms with Crippen molar-refractivity contribution in [3.05, 3.63) is 51.7 Å². The van der Waals surface area contributed by atoms with Gasteiger partial charge >= 0.3 is 0 Å². The quantitative estimate of drug-likeness (QED) is 0.824. The number of nitriles is 1. The van der Waals surface area contributed by atoms with E-state index in [1.54, 1.807) is 17.4 Å². The number of piperazine rings is 1. The summed E-state index contributed by atoms with van der Waals surface area (Å²) >= 11 is 1.56. The second-order valence-electron chi connectivity index (χ2n) is 6.26. The lowest BCUT2D eigenvalue weighted by molar-refractivity contribution is 0.164. The first-order valence-electron chi connectivity index (χ1n) is 8.18. The molecule has 132 valence electrons. The summed E-state index contributed by atoms with van der Waals surface area (Å²) in [6.45, 7) is 5.64. The fourth-order valence-corrected chi connectivity index (χ4v) is 5.63. The lowest BCUT2D eigenvalue weighted by atomic mass is 10.2. The molecule has 1 aliphatic rings. The van der Waals surface area contributed by atoms with Gasteiger partial charge in [-0.3, -0.25) is 4.90 Å². The minimum absolute atomic E-state index is 0.300. The highest BCUT2D eigenvalue weighted by atomic mass is 32.2. The summed E-state index contributed by atoms with van der Waals surface area (Å²) in [5, 5.41) is 11.5. The van der Waals surface area contributed by atoms with Crippen LogP contribution in [0.15, 0.2) is 40.6 Å². The first-order valence-corrected chi connectivity index (χ1v) is 10.5. The molecule has 7 heteroatoms. The monoisotopic (exact) mass is 375 g/mol. The van der Waals surface area contributed by atoms with Gasteiger partial charge in [-0.05, 0) is 42.5 Å². The SMILES string of the molecule is Cc1ccc(C)c(S(=O)(=O)N2CCN(C(C#N)c3cccs3)CC2)c1. The molecule has 0 amide bonds. The highest BCUT2D eigenvalue weighted by molar-refractivity contribution is 7.89. The van der Waals surface area contributed by atoms with Crippen LogP contribution in [0.4, 0.5) is 0 Å². The van der Waals surface area contributed by atoms with E-state index in [0.29, 0.717) is 31.1 Å². The van der Waals surface area contributed by atoms with Crippen LogP contribution in [0.1, 0.15) is 22.0 Å². The predicted octanol–water partition coefficient (Wildman–Crippen LogP) is 2.94. The number of hydrogen-bond donors (Lipinski definition) is 0. The molecule has 1 fully saturated rings. The third kappa shape index (κ3) is 3.62. The molecule has 0 aliphatic carbocycles. The molecule has 1 atom stereocenters. The second-order valence-corrected chi connectivity index (χ2v) is 9.14. The molecule has 0 saturated carbocycles. The Balaban J connectivity index is 1.76. The van der Waals surface area contributed by atoms with E-state index in [-0.39, 0.29) is 6.04 Å². The predicted molar refractivity (Wildman–Crippen MR) is 98.9 cm³/mol. The number of hydrogen-bond acceptors (Lipinski definition) is 5. The van der Waals surface area contributed by atoms with Gasteiger partial charge in [-0.1, -0.05) is 18.2 Å². The molecule has 2 aromatic rings. The van der Waals surface area contributed by atoms with E-state index in [2.05, 4.69) is 11.0 Å². The van der Waals surface area contributed by atoms with Gasteiger partial charge in [0.15, 0.2) is 0 Å². The molecule has 1 unspecified atom stereocenters. The largest absolute Gasteiger partial charge is 0.281 e. The Kier molecular flexibility index (Phi) is 5.25. The van der Waals surface area contributed by atoms with Crippen LogP contribution in [0, 0.1) is 25.2 Å². The van der Waals surface area contributed by atoms with E-state index in [9.17, 15) is 13.7 Å². The Morgan fingerprint density at radius 3 is 2.48 bits per heavy atom. The highest BCUT2D eigenvalue weighted by Gasteiger charge is 2.32. The molecule has 0 bridgehead atoms. The fraction of sp³-hybridized carbons (Fsp3) is 0.389. The van der Waals surface area contributed by atoms with Crippen molar-refractivity contribution < 1.29 is 8.42 Å². The minimum atomic E-state index is -3.50. The Hall–Kier alpha value is -1.72. The minimum Gasteiger partial charge on any atom is -0.281 e. The molecule has 1 aliphatic heterocycles. The molecular weight excluding hydrogens is 354 g/mol. The molecule has 25 heavy (non-hydrogen) atoms. The van der Waals surface area contributed by atoms with Crippen molar-refractivity contribution in [2.75, 3.05) is 26.2 Å².